The van der Waals surface area contributed by atoms with Crippen molar-refractivity contribution in [3.63, 3.8) is 0 Å². The highest BCUT2D eigenvalue weighted by Gasteiger charge is 2.43. The molecule has 0 unspecified atom stereocenters. The van der Waals surface area contributed by atoms with Gasteiger partial charge in [-0.2, -0.15) is 0 Å². The van der Waals surface area contributed by atoms with Crippen molar-refractivity contribution in [1.29, 1.82) is 0 Å². The Morgan fingerprint density at radius 1 is 1.17 bits per heavy atom. The Morgan fingerprint density at radius 3 is 2.50 bits per heavy atom. The number of rotatable bonds is 1. The molecular weight excluding hydrogens is 271 g/mol. The molecule has 0 amide bonds. The van der Waals surface area contributed by atoms with Gasteiger partial charge in [0, 0.05) is 11.5 Å². The third-order valence-electron chi connectivity index (χ3n) is 4.17. The molecule has 96 valence electrons. The number of benzene rings is 1. The van der Waals surface area contributed by atoms with Gasteiger partial charge in [-0.25, -0.2) is 0 Å². The van der Waals surface area contributed by atoms with E-state index >= 15 is 0 Å². The molecule has 2 nitrogen and oxygen atoms in total. The first-order chi connectivity index (χ1) is 8.65. The second kappa shape index (κ2) is 4.43. The zero-order valence-electron chi connectivity index (χ0n) is 10.1. The molecule has 2 aliphatic rings. The first-order valence-corrected chi connectivity index (χ1v) is 7.00. The molecule has 0 spiro atoms. The quantitative estimate of drug-likeness (QED) is 0.760. The molecule has 1 fully saturated rings. The normalized spacial score (nSPS) is 25.8. The van der Waals surface area contributed by atoms with Crippen LogP contribution in [0.15, 0.2) is 6.07 Å². The van der Waals surface area contributed by atoms with Crippen molar-refractivity contribution in [2.75, 3.05) is 7.11 Å². The minimum atomic E-state index is 0.106. The Hall–Kier alpha value is -0.730. The smallest absolute Gasteiger partial charge is 0.168 e. The van der Waals surface area contributed by atoms with Gasteiger partial charge in [-0.1, -0.05) is 36.0 Å². The lowest BCUT2D eigenvalue weighted by Gasteiger charge is -2.24. The van der Waals surface area contributed by atoms with E-state index in [0.29, 0.717) is 27.3 Å². The largest absolute Gasteiger partial charge is 0.495 e. The zero-order valence-corrected chi connectivity index (χ0v) is 11.6. The fourth-order valence-electron chi connectivity index (χ4n) is 3.32. The Bertz CT molecular complexity index is 525. The fraction of sp³-hybridized carbons (Fsp3) is 0.500. The average Bonchev–Trinajstić information content (AvgIpc) is 2.68. The topological polar surface area (TPSA) is 26.3 Å². The highest BCUT2D eigenvalue weighted by atomic mass is 35.5. The molecule has 0 N–H and O–H groups in total. The van der Waals surface area contributed by atoms with Gasteiger partial charge in [0.2, 0.25) is 0 Å². The van der Waals surface area contributed by atoms with E-state index in [2.05, 4.69) is 0 Å². The average molecular weight is 285 g/mol. The standard InChI is InChI=1S/C14H14Cl2O2/c1-18-10-6-9-7-4-2-3-5-8(7)14(17)11(9)13(16)12(10)15/h6-8H,2-5H2,1H3/t7-,8+/m0/s1. The van der Waals surface area contributed by atoms with E-state index in [9.17, 15) is 4.79 Å². The first-order valence-electron chi connectivity index (χ1n) is 6.25. The van der Waals surface area contributed by atoms with Crippen molar-refractivity contribution in [3.8, 4) is 5.75 Å². The predicted octanol–water partition coefficient (Wildman–Crippen LogP) is 4.47. The lowest BCUT2D eigenvalue weighted by Crippen LogP contribution is -2.17. The molecule has 4 heteroatoms. The van der Waals surface area contributed by atoms with E-state index in [1.54, 1.807) is 7.11 Å². The SMILES string of the molecule is COc1cc2c(c(Cl)c1Cl)C(=O)[C@@H]1CCCC[C@H]21. The van der Waals surface area contributed by atoms with E-state index in [1.807, 2.05) is 6.07 Å². The molecule has 1 saturated carbocycles. The van der Waals surface area contributed by atoms with Crippen LogP contribution in [0.1, 0.15) is 47.5 Å². The number of methoxy groups -OCH3 is 1. The monoisotopic (exact) mass is 284 g/mol. The van der Waals surface area contributed by atoms with Gasteiger partial charge in [-0.05, 0) is 30.4 Å². The maximum Gasteiger partial charge on any atom is 0.168 e. The number of carbonyl (C=O) groups excluding carboxylic acids is 1. The lowest BCUT2D eigenvalue weighted by molar-refractivity contribution is 0.0898. The minimum absolute atomic E-state index is 0.106. The summed E-state index contributed by atoms with van der Waals surface area (Å²) in [5, 5.41) is 0.718. The molecule has 1 aromatic rings. The first kappa shape index (κ1) is 12.3. The Morgan fingerprint density at radius 2 is 1.83 bits per heavy atom. The molecule has 1 aromatic carbocycles. The summed E-state index contributed by atoms with van der Waals surface area (Å²) in [4.78, 5) is 12.4. The second-order valence-corrected chi connectivity index (χ2v) is 5.79. The second-order valence-electron chi connectivity index (χ2n) is 5.03. The van der Waals surface area contributed by atoms with Crippen LogP contribution in [-0.2, 0) is 0 Å². The van der Waals surface area contributed by atoms with E-state index in [1.165, 1.54) is 6.42 Å². The van der Waals surface area contributed by atoms with Crippen molar-refractivity contribution in [1.82, 2.24) is 0 Å². The number of ketones is 1. The summed E-state index contributed by atoms with van der Waals surface area (Å²) in [5.41, 5.74) is 1.68. The van der Waals surface area contributed by atoms with Gasteiger partial charge in [0.1, 0.15) is 10.8 Å². The Kier molecular flexibility index (Phi) is 3.03. The predicted molar refractivity (Wildman–Crippen MR) is 72.0 cm³/mol. The van der Waals surface area contributed by atoms with Crippen LogP contribution in [0.3, 0.4) is 0 Å². The van der Waals surface area contributed by atoms with Gasteiger partial charge in [-0.15, -0.1) is 0 Å². The maximum atomic E-state index is 12.4. The lowest BCUT2D eigenvalue weighted by atomic mass is 9.79. The number of hydrogen-bond donors (Lipinski definition) is 0. The molecule has 18 heavy (non-hydrogen) atoms. The molecule has 0 aromatic heterocycles. The summed E-state index contributed by atoms with van der Waals surface area (Å²) in [6.45, 7) is 0. The van der Waals surface area contributed by atoms with Crippen LogP contribution in [0.4, 0.5) is 0 Å². The number of carbonyl (C=O) groups is 1. The summed E-state index contributed by atoms with van der Waals surface area (Å²) in [6, 6.07) is 1.90. The number of ether oxygens (including phenoxy) is 1. The van der Waals surface area contributed by atoms with Gasteiger partial charge in [0.15, 0.2) is 5.78 Å². The molecule has 0 aliphatic heterocycles. The summed E-state index contributed by atoms with van der Waals surface area (Å²) in [5.74, 6) is 1.16. The zero-order chi connectivity index (χ0) is 12.9. The summed E-state index contributed by atoms with van der Waals surface area (Å²) in [7, 11) is 1.57. The molecule has 0 heterocycles. The minimum Gasteiger partial charge on any atom is -0.495 e. The van der Waals surface area contributed by atoms with Crippen molar-refractivity contribution < 1.29 is 9.53 Å². The molecule has 3 rings (SSSR count). The number of fused-ring (bicyclic) bond motifs is 3. The van der Waals surface area contributed by atoms with Gasteiger partial charge < -0.3 is 4.74 Å². The third kappa shape index (κ3) is 1.59. The van der Waals surface area contributed by atoms with Gasteiger partial charge in [-0.3, -0.25) is 4.79 Å². The molecule has 2 atom stereocenters. The summed E-state index contributed by atoms with van der Waals surface area (Å²) >= 11 is 12.4. The van der Waals surface area contributed by atoms with E-state index < -0.39 is 0 Å². The fourth-order valence-corrected chi connectivity index (χ4v) is 3.84. The Labute approximate surface area is 116 Å². The van der Waals surface area contributed by atoms with Crippen molar-refractivity contribution in [3.05, 3.63) is 27.2 Å². The van der Waals surface area contributed by atoms with Crippen LogP contribution < -0.4 is 4.74 Å². The van der Waals surface area contributed by atoms with Crippen LogP contribution in [-0.4, -0.2) is 12.9 Å². The van der Waals surface area contributed by atoms with E-state index in [0.717, 1.165) is 24.8 Å². The molecule has 2 aliphatic carbocycles. The van der Waals surface area contributed by atoms with Crippen molar-refractivity contribution in [2.24, 2.45) is 5.92 Å². The molecule has 0 bridgehead atoms. The molecular formula is C14H14Cl2O2. The van der Waals surface area contributed by atoms with Crippen molar-refractivity contribution >= 4 is 29.0 Å². The van der Waals surface area contributed by atoms with Gasteiger partial charge in [0.05, 0.1) is 12.1 Å². The molecule has 0 radical (unpaired) electrons. The highest BCUT2D eigenvalue weighted by Crippen LogP contribution is 2.51. The van der Waals surface area contributed by atoms with Crippen LogP contribution in [0.2, 0.25) is 10.0 Å². The van der Waals surface area contributed by atoms with Gasteiger partial charge in [0.25, 0.3) is 0 Å². The number of hydrogen-bond acceptors (Lipinski definition) is 2. The van der Waals surface area contributed by atoms with Crippen LogP contribution in [0, 0.1) is 5.92 Å². The van der Waals surface area contributed by atoms with Crippen LogP contribution >= 0.6 is 23.2 Å². The van der Waals surface area contributed by atoms with E-state index in [-0.39, 0.29) is 11.7 Å². The summed E-state index contributed by atoms with van der Waals surface area (Å²) in [6.07, 6.45) is 4.33. The third-order valence-corrected chi connectivity index (χ3v) is 5.02. The van der Waals surface area contributed by atoms with Crippen molar-refractivity contribution in [2.45, 2.75) is 31.6 Å². The maximum absolute atomic E-state index is 12.4. The number of Topliss-reactive ketones (excluding diaryl/α,β-unsaturated/α-hetero) is 1. The van der Waals surface area contributed by atoms with Gasteiger partial charge >= 0.3 is 0 Å². The van der Waals surface area contributed by atoms with Crippen LogP contribution in [0.25, 0.3) is 0 Å². The summed E-state index contributed by atoms with van der Waals surface area (Å²) < 4.78 is 5.24. The molecule has 0 saturated heterocycles. The number of halogens is 2. The van der Waals surface area contributed by atoms with Crippen LogP contribution in [0.5, 0.6) is 5.75 Å². The Balaban J connectivity index is 2.19. The van der Waals surface area contributed by atoms with E-state index in [4.69, 9.17) is 27.9 Å². The highest BCUT2D eigenvalue weighted by molar-refractivity contribution is 6.45.